The van der Waals surface area contributed by atoms with Crippen molar-refractivity contribution in [3.05, 3.63) is 53.8 Å². The lowest BCUT2D eigenvalue weighted by molar-refractivity contribution is -0.137. The fourth-order valence-corrected chi connectivity index (χ4v) is 2.13. The number of nitrogen functional groups attached to an aromatic ring is 1. The summed E-state index contributed by atoms with van der Waals surface area (Å²) in [5.41, 5.74) is 5.16. The van der Waals surface area contributed by atoms with Gasteiger partial charge in [0.25, 0.3) is 0 Å². The predicted octanol–water partition coefficient (Wildman–Crippen LogP) is 4.58. The van der Waals surface area contributed by atoms with E-state index in [1.807, 2.05) is 0 Å². The number of hydrogen-bond acceptors (Lipinski definition) is 2. The molecule has 0 fully saturated rings. The van der Waals surface area contributed by atoms with E-state index in [1.54, 1.807) is 6.92 Å². The van der Waals surface area contributed by atoms with Gasteiger partial charge in [-0.1, -0.05) is 0 Å². The van der Waals surface area contributed by atoms with Crippen LogP contribution in [0.2, 0.25) is 0 Å². The Morgan fingerprint density at radius 2 is 1.67 bits per heavy atom. The molecule has 0 amide bonds. The van der Waals surface area contributed by atoms with E-state index >= 15 is 0 Å². The van der Waals surface area contributed by atoms with Gasteiger partial charge in [0, 0.05) is 17.9 Å². The normalized spacial score (nSPS) is 11.5. The second-order valence-corrected chi connectivity index (χ2v) is 4.50. The summed E-state index contributed by atoms with van der Waals surface area (Å²) >= 11 is 0. The molecule has 2 nitrogen and oxygen atoms in total. The third-order valence-corrected chi connectivity index (χ3v) is 3.07. The van der Waals surface area contributed by atoms with Crippen LogP contribution in [0.15, 0.2) is 42.5 Å². The van der Waals surface area contributed by atoms with Crippen molar-refractivity contribution < 1.29 is 17.6 Å². The number of nitrogens with two attached hydrogens (primary N) is 1. The molecule has 0 aliphatic carbocycles. The molecule has 0 aromatic heterocycles. The zero-order valence-corrected chi connectivity index (χ0v) is 11.3. The zero-order chi connectivity index (χ0) is 15.6. The van der Waals surface area contributed by atoms with Gasteiger partial charge in [-0.15, -0.1) is 0 Å². The Hall–Kier alpha value is -2.24. The van der Waals surface area contributed by atoms with E-state index in [2.05, 4.69) is 0 Å². The zero-order valence-electron chi connectivity index (χ0n) is 11.3. The first-order valence-corrected chi connectivity index (χ1v) is 6.32. The number of alkyl halides is 3. The van der Waals surface area contributed by atoms with Gasteiger partial charge < -0.3 is 10.6 Å². The third kappa shape index (κ3) is 3.26. The molecule has 0 spiro atoms. The maximum Gasteiger partial charge on any atom is 0.418 e. The van der Waals surface area contributed by atoms with E-state index in [1.165, 1.54) is 41.3 Å². The van der Waals surface area contributed by atoms with Crippen LogP contribution < -0.4 is 10.6 Å². The van der Waals surface area contributed by atoms with Crippen molar-refractivity contribution in [2.24, 2.45) is 0 Å². The van der Waals surface area contributed by atoms with E-state index in [0.29, 0.717) is 12.2 Å². The van der Waals surface area contributed by atoms with Gasteiger partial charge >= 0.3 is 6.18 Å². The Morgan fingerprint density at radius 1 is 1.05 bits per heavy atom. The smallest absolute Gasteiger partial charge is 0.399 e. The van der Waals surface area contributed by atoms with Crippen LogP contribution in [0.3, 0.4) is 0 Å². The number of halogens is 4. The highest BCUT2D eigenvalue weighted by molar-refractivity contribution is 5.69. The van der Waals surface area contributed by atoms with Gasteiger partial charge in [-0.05, 0) is 49.4 Å². The Morgan fingerprint density at radius 3 is 2.19 bits per heavy atom. The Kier molecular flexibility index (Phi) is 4.06. The molecule has 2 rings (SSSR count). The predicted molar refractivity (Wildman–Crippen MR) is 74.9 cm³/mol. The largest absolute Gasteiger partial charge is 0.418 e. The second-order valence-electron chi connectivity index (χ2n) is 4.50. The molecule has 2 aromatic carbocycles. The molecule has 6 heteroatoms. The van der Waals surface area contributed by atoms with Crippen LogP contribution in [0, 0.1) is 5.82 Å². The highest BCUT2D eigenvalue weighted by Crippen LogP contribution is 2.40. The molecule has 0 atom stereocenters. The fraction of sp³-hybridized carbons (Fsp3) is 0.200. The van der Waals surface area contributed by atoms with E-state index in [-0.39, 0.29) is 11.4 Å². The van der Waals surface area contributed by atoms with Gasteiger partial charge in [0.15, 0.2) is 0 Å². The first-order chi connectivity index (χ1) is 9.82. The first kappa shape index (κ1) is 15.2. The van der Waals surface area contributed by atoms with Crippen molar-refractivity contribution in [2.45, 2.75) is 13.1 Å². The van der Waals surface area contributed by atoms with Gasteiger partial charge in [0.2, 0.25) is 0 Å². The summed E-state index contributed by atoms with van der Waals surface area (Å²) in [7, 11) is 0. The molecule has 2 N–H and O–H groups in total. The lowest BCUT2D eigenvalue weighted by Crippen LogP contribution is -2.21. The van der Waals surface area contributed by atoms with E-state index in [4.69, 9.17) is 5.73 Å². The quantitative estimate of drug-likeness (QED) is 0.663. The van der Waals surface area contributed by atoms with Crippen LogP contribution in [0.4, 0.5) is 34.6 Å². The number of benzene rings is 2. The monoisotopic (exact) mass is 298 g/mol. The van der Waals surface area contributed by atoms with Crippen LogP contribution in [-0.2, 0) is 6.18 Å². The summed E-state index contributed by atoms with van der Waals surface area (Å²) in [6.45, 7) is 2.03. The lowest BCUT2D eigenvalue weighted by Gasteiger charge is -2.27. The average molecular weight is 298 g/mol. The number of anilines is 3. The molecular weight excluding hydrogens is 284 g/mol. The molecule has 0 saturated carbocycles. The fourth-order valence-electron chi connectivity index (χ4n) is 2.13. The summed E-state index contributed by atoms with van der Waals surface area (Å²) in [6.07, 6.45) is -4.52. The number of hydrogen-bond donors (Lipinski definition) is 1. The van der Waals surface area contributed by atoms with Crippen molar-refractivity contribution >= 4 is 17.1 Å². The Bertz CT molecular complexity index is 621. The standard InChI is InChI=1S/C15H14F4N2/c1-2-21(12-6-3-10(16)4-7-12)14-8-5-11(20)9-13(14)15(17,18)19/h3-9H,2,20H2,1H3. The van der Waals surface area contributed by atoms with Crippen molar-refractivity contribution in [2.75, 3.05) is 17.2 Å². The Balaban J connectivity index is 2.55. The van der Waals surface area contributed by atoms with Crippen molar-refractivity contribution in [3.8, 4) is 0 Å². The summed E-state index contributed by atoms with van der Waals surface area (Å²) in [4.78, 5) is 1.46. The summed E-state index contributed by atoms with van der Waals surface area (Å²) < 4.78 is 52.5. The lowest BCUT2D eigenvalue weighted by atomic mass is 10.1. The summed E-state index contributed by atoms with van der Waals surface area (Å²) in [6, 6.07) is 8.94. The highest BCUT2D eigenvalue weighted by atomic mass is 19.4. The molecule has 0 aliphatic heterocycles. The summed E-state index contributed by atoms with van der Waals surface area (Å²) in [5.74, 6) is -0.442. The highest BCUT2D eigenvalue weighted by Gasteiger charge is 2.35. The molecule has 0 heterocycles. The van der Waals surface area contributed by atoms with Gasteiger partial charge in [-0.25, -0.2) is 4.39 Å². The van der Waals surface area contributed by atoms with Gasteiger partial charge in [0.05, 0.1) is 11.3 Å². The molecule has 0 bridgehead atoms. The minimum atomic E-state index is -4.52. The van der Waals surface area contributed by atoms with Crippen LogP contribution >= 0.6 is 0 Å². The van der Waals surface area contributed by atoms with Crippen LogP contribution in [0.1, 0.15) is 12.5 Å². The second kappa shape index (κ2) is 5.63. The molecule has 112 valence electrons. The summed E-state index contributed by atoms with van der Waals surface area (Å²) in [5, 5.41) is 0. The molecular formula is C15H14F4N2. The van der Waals surface area contributed by atoms with Crippen molar-refractivity contribution in [1.29, 1.82) is 0 Å². The maximum atomic E-state index is 13.2. The van der Waals surface area contributed by atoms with E-state index in [0.717, 1.165) is 6.07 Å². The first-order valence-electron chi connectivity index (χ1n) is 6.32. The van der Waals surface area contributed by atoms with Crippen molar-refractivity contribution in [3.63, 3.8) is 0 Å². The van der Waals surface area contributed by atoms with Gasteiger partial charge in [-0.2, -0.15) is 13.2 Å². The molecule has 2 aromatic rings. The molecule has 0 radical (unpaired) electrons. The van der Waals surface area contributed by atoms with Crippen LogP contribution in [0.5, 0.6) is 0 Å². The topological polar surface area (TPSA) is 29.3 Å². The molecule has 0 unspecified atom stereocenters. The van der Waals surface area contributed by atoms with E-state index in [9.17, 15) is 17.6 Å². The van der Waals surface area contributed by atoms with Crippen LogP contribution in [-0.4, -0.2) is 6.54 Å². The van der Waals surface area contributed by atoms with Crippen molar-refractivity contribution in [1.82, 2.24) is 0 Å². The van der Waals surface area contributed by atoms with Gasteiger partial charge in [0.1, 0.15) is 5.82 Å². The Labute approximate surface area is 119 Å². The minimum absolute atomic E-state index is 0.00851. The number of nitrogens with zero attached hydrogens (tertiary/aromatic N) is 1. The van der Waals surface area contributed by atoms with Crippen LogP contribution in [0.25, 0.3) is 0 Å². The third-order valence-electron chi connectivity index (χ3n) is 3.07. The SMILES string of the molecule is CCN(c1ccc(F)cc1)c1ccc(N)cc1C(F)(F)F. The minimum Gasteiger partial charge on any atom is -0.399 e. The van der Waals surface area contributed by atoms with Gasteiger partial charge in [-0.3, -0.25) is 0 Å². The molecule has 0 aliphatic rings. The maximum absolute atomic E-state index is 13.2. The van der Waals surface area contributed by atoms with E-state index < -0.39 is 17.6 Å². The molecule has 0 saturated heterocycles. The number of rotatable bonds is 3. The molecule has 21 heavy (non-hydrogen) atoms. The average Bonchev–Trinajstić information content (AvgIpc) is 2.42.